The van der Waals surface area contributed by atoms with Crippen molar-refractivity contribution >= 4 is 0 Å². The maximum atomic E-state index is 6.73. The van der Waals surface area contributed by atoms with E-state index in [1.54, 1.807) is 0 Å². The van der Waals surface area contributed by atoms with E-state index in [0.29, 0.717) is 0 Å². The Morgan fingerprint density at radius 3 is 2.22 bits per heavy atom. The Morgan fingerprint density at radius 1 is 1.00 bits per heavy atom. The highest BCUT2D eigenvalue weighted by molar-refractivity contribution is 5.00. The van der Waals surface area contributed by atoms with Gasteiger partial charge in [0.2, 0.25) is 0 Å². The van der Waals surface area contributed by atoms with Gasteiger partial charge in [-0.25, -0.2) is 0 Å². The van der Waals surface area contributed by atoms with E-state index in [9.17, 15) is 0 Å². The summed E-state index contributed by atoms with van der Waals surface area (Å²) in [6.07, 6.45) is 13.5. The van der Waals surface area contributed by atoms with Crippen LogP contribution in [-0.4, -0.2) is 24.3 Å². The molecule has 0 aromatic rings. The van der Waals surface area contributed by atoms with Crippen LogP contribution in [0.1, 0.15) is 71.1 Å². The van der Waals surface area contributed by atoms with Crippen LogP contribution < -0.4 is 5.32 Å². The van der Waals surface area contributed by atoms with Gasteiger partial charge in [0.25, 0.3) is 0 Å². The summed E-state index contributed by atoms with van der Waals surface area (Å²) in [6, 6.07) is 0. The van der Waals surface area contributed by atoms with E-state index in [0.717, 1.165) is 19.0 Å². The number of rotatable bonds is 2. The minimum atomic E-state index is 0.201. The average molecular weight is 251 g/mol. The topological polar surface area (TPSA) is 21.3 Å². The molecule has 1 saturated heterocycles. The molecule has 104 valence electrons. The van der Waals surface area contributed by atoms with Gasteiger partial charge in [0.1, 0.15) is 0 Å². The van der Waals surface area contributed by atoms with Gasteiger partial charge >= 0.3 is 0 Å². The summed E-state index contributed by atoms with van der Waals surface area (Å²) in [5.41, 5.74) is 0.419. The Balaban J connectivity index is 1.61. The van der Waals surface area contributed by atoms with Crippen molar-refractivity contribution in [2.45, 2.75) is 82.3 Å². The van der Waals surface area contributed by atoms with Crippen LogP contribution in [0.5, 0.6) is 0 Å². The molecular formula is C16H29NO. The summed E-state index contributed by atoms with van der Waals surface area (Å²) in [4.78, 5) is 0. The van der Waals surface area contributed by atoms with Crippen LogP contribution in [0, 0.1) is 5.92 Å². The first kappa shape index (κ1) is 12.9. The fourth-order valence-corrected chi connectivity index (χ4v) is 4.53. The summed E-state index contributed by atoms with van der Waals surface area (Å²) < 4.78 is 6.73. The fraction of sp³-hybridized carbons (Fsp3) is 1.00. The molecule has 0 radical (unpaired) electrons. The molecule has 0 amide bonds. The summed E-state index contributed by atoms with van der Waals surface area (Å²) in [6.45, 7) is 4.53. The van der Waals surface area contributed by atoms with E-state index in [-0.39, 0.29) is 11.2 Å². The largest absolute Gasteiger partial charge is 0.366 e. The maximum Gasteiger partial charge on any atom is 0.0814 e. The van der Waals surface area contributed by atoms with Crippen LogP contribution in [0.4, 0.5) is 0 Å². The SMILES string of the molecule is CCCC1CCC2(CC1)CNCC1(CCCC1)O2. The molecule has 1 heterocycles. The van der Waals surface area contributed by atoms with Gasteiger partial charge in [-0.3, -0.25) is 0 Å². The Hall–Kier alpha value is -0.0800. The van der Waals surface area contributed by atoms with Crippen LogP contribution in [0.25, 0.3) is 0 Å². The number of morpholine rings is 1. The number of hydrogen-bond donors (Lipinski definition) is 1. The fourth-order valence-electron chi connectivity index (χ4n) is 4.53. The maximum absolute atomic E-state index is 6.73. The second-order valence-corrected chi connectivity index (χ2v) is 7.01. The minimum absolute atomic E-state index is 0.201. The lowest BCUT2D eigenvalue weighted by Crippen LogP contribution is -2.60. The summed E-state index contributed by atoms with van der Waals surface area (Å²) >= 11 is 0. The molecule has 3 rings (SSSR count). The van der Waals surface area contributed by atoms with Crippen molar-refractivity contribution in [2.24, 2.45) is 5.92 Å². The van der Waals surface area contributed by atoms with Crippen molar-refractivity contribution in [2.75, 3.05) is 13.1 Å². The second kappa shape index (κ2) is 5.13. The first-order chi connectivity index (χ1) is 8.76. The molecule has 2 spiro atoms. The molecule has 0 atom stereocenters. The molecule has 18 heavy (non-hydrogen) atoms. The third-order valence-corrected chi connectivity index (χ3v) is 5.56. The Labute approximate surface area is 112 Å². The van der Waals surface area contributed by atoms with Gasteiger partial charge in [-0.2, -0.15) is 0 Å². The van der Waals surface area contributed by atoms with Gasteiger partial charge in [0.15, 0.2) is 0 Å². The zero-order valence-corrected chi connectivity index (χ0v) is 12.0. The summed E-state index contributed by atoms with van der Waals surface area (Å²) in [5, 5.41) is 3.70. The molecule has 2 nitrogen and oxygen atoms in total. The van der Waals surface area contributed by atoms with Gasteiger partial charge in [-0.15, -0.1) is 0 Å². The van der Waals surface area contributed by atoms with Crippen molar-refractivity contribution < 1.29 is 4.74 Å². The first-order valence-corrected chi connectivity index (χ1v) is 8.17. The van der Waals surface area contributed by atoms with E-state index in [1.165, 1.54) is 64.2 Å². The predicted molar refractivity (Wildman–Crippen MR) is 74.8 cm³/mol. The highest BCUT2D eigenvalue weighted by atomic mass is 16.5. The van der Waals surface area contributed by atoms with Crippen LogP contribution in [0.2, 0.25) is 0 Å². The first-order valence-electron chi connectivity index (χ1n) is 8.17. The highest BCUT2D eigenvalue weighted by Gasteiger charge is 2.47. The molecule has 0 bridgehead atoms. The minimum Gasteiger partial charge on any atom is -0.366 e. The number of nitrogens with one attached hydrogen (secondary N) is 1. The zero-order chi connectivity index (χ0) is 12.5. The van der Waals surface area contributed by atoms with Gasteiger partial charge < -0.3 is 10.1 Å². The predicted octanol–water partition coefficient (Wildman–Crippen LogP) is 3.65. The zero-order valence-electron chi connectivity index (χ0n) is 12.0. The molecule has 2 aliphatic carbocycles. The third-order valence-electron chi connectivity index (χ3n) is 5.56. The van der Waals surface area contributed by atoms with E-state index >= 15 is 0 Å². The molecule has 2 saturated carbocycles. The quantitative estimate of drug-likeness (QED) is 0.809. The third kappa shape index (κ3) is 2.46. The Bertz CT molecular complexity index is 275. The van der Waals surface area contributed by atoms with Crippen LogP contribution in [0.3, 0.4) is 0 Å². The Morgan fingerprint density at radius 2 is 1.61 bits per heavy atom. The molecule has 3 aliphatic rings. The van der Waals surface area contributed by atoms with E-state index in [4.69, 9.17) is 4.74 Å². The lowest BCUT2D eigenvalue weighted by Gasteiger charge is -2.50. The van der Waals surface area contributed by atoms with Crippen LogP contribution in [-0.2, 0) is 4.74 Å². The monoisotopic (exact) mass is 251 g/mol. The summed E-state index contributed by atoms with van der Waals surface area (Å²) in [7, 11) is 0. The van der Waals surface area contributed by atoms with E-state index in [2.05, 4.69) is 12.2 Å². The van der Waals surface area contributed by atoms with Gasteiger partial charge in [-0.05, 0) is 44.4 Å². The molecule has 2 heteroatoms. The molecule has 3 fully saturated rings. The highest BCUT2D eigenvalue weighted by Crippen LogP contribution is 2.45. The van der Waals surface area contributed by atoms with Gasteiger partial charge in [0.05, 0.1) is 11.2 Å². The molecular weight excluding hydrogens is 222 g/mol. The van der Waals surface area contributed by atoms with Crippen LogP contribution in [0.15, 0.2) is 0 Å². The molecule has 1 aliphatic heterocycles. The number of hydrogen-bond acceptors (Lipinski definition) is 2. The second-order valence-electron chi connectivity index (χ2n) is 7.01. The average Bonchev–Trinajstić information content (AvgIpc) is 2.81. The van der Waals surface area contributed by atoms with Crippen molar-refractivity contribution in [3.63, 3.8) is 0 Å². The Kier molecular flexibility index (Phi) is 3.68. The molecule has 1 N–H and O–H groups in total. The smallest absolute Gasteiger partial charge is 0.0814 e. The van der Waals surface area contributed by atoms with E-state index < -0.39 is 0 Å². The van der Waals surface area contributed by atoms with Crippen molar-refractivity contribution in [1.29, 1.82) is 0 Å². The lowest BCUT2D eigenvalue weighted by atomic mass is 9.75. The van der Waals surface area contributed by atoms with E-state index in [1.807, 2.05) is 0 Å². The van der Waals surface area contributed by atoms with Crippen molar-refractivity contribution in [3.8, 4) is 0 Å². The van der Waals surface area contributed by atoms with Crippen molar-refractivity contribution in [1.82, 2.24) is 5.32 Å². The standard InChI is InChI=1S/C16H29NO/c1-2-5-14-6-10-16(11-7-14)13-17-12-15(18-16)8-3-4-9-15/h14,17H,2-13H2,1H3. The molecule has 0 unspecified atom stereocenters. The lowest BCUT2D eigenvalue weighted by molar-refractivity contribution is -0.191. The van der Waals surface area contributed by atoms with Gasteiger partial charge in [0, 0.05) is 13.1 Å². The molecule has 0 aromatic carbocycles. The van der Waals surface area contributed by atoms with Crippen molar-refractivity contribution in [3.05, 3.63) is 0 Å². The number of ether oxygens (including phenoxy) is 1. The molecule has 0 aromatic heterocycles. The summed E-state index contributed by atoms with van der Waals surface area (Å²) in [5.74, 6) is 0.977. The normalized spacial score (nSPS) is 39.5. The van der Waals surface area contributed by atoms with Crippen LogP contribution >= 0.6 is 0 Å². The van der Waals surface area contributed by atoms with Gasteiger partial charge in [-0.1, -0.05) is 32.6 Å².